The van der Waals surface area contributed by atoms with Crippen molar-refractivity contribution in [3.63, 3.8) is 0 Å². The summed E-state index contributed by atoms with van der Waals surface area (Å²) in [6, 6.07) is 0.250. The van der Waals surface area contributed by atoms with E-state index in [9.17, 15) is 9.90 Å². The van der Waals surface area contributed by atoms with Gasteiger partial charge in [0.1, 0.15) is 10.6 Å². The Morgan fingerprint density at radius 1 is 1.67 bits per heavy atom. The van der Waals surface area contributed by atoms with Crippen LogP contribution in [0.2, 0.25) is 0 Å². The number of nitrogens with zero attached hydrogens (tertiary/aromatic N) is 1. The second-order valence-corrected chi connectivity index (χ2v) is 6.64. The largest absolute Gasteiger partial charge is 0.477 e. The summed E-state index contributed by atoms with van der Waals surface area (Å²) in [5, 5.41) is 17.3. The van der Waals surface area contributed by atoms with Crippen LogP contribution in [0.3, 0.4) is 0 Å². The quantitative estimate of drug-likeness (QED) is 0.769. The summed E-state index contributed by atoms with van der Waals surface area (Å²) in [6.07, 6.45) is 4.52. The summed E-state index contributed by atoms with van der Waals surface area (Å²) in [6.45, 7) is 4.12. The molecular weight excluding hydrogens is 248 g/mol. The second-order valence-electron chi connectivity index (χ2n) is 5.44. The van der Waals surface area contributed by atoms with Crippen molar-refractivity contribution in [2.45, 2.75) is 44.0 Å². The number of carbonyl (C=O) groups is 1. The van der Waals surface area contributed by atoms with E-state index >= 15 is 0 Å². The number of carboxylic acids is 1. The van der Waals surface area contributed by atoms with Crippen LogP contribution in [0.25, 0.3) is 0 Å². The standard InChI is InChI=1S/C13H18N2O2S/c1-3-9-6-18-13(7-14)12(4-5-12)8(2)15(13)10(9)11(16)17/h7-8,14H,3-6H2,1-2H3,(H,16,17)/t8?,13-/m1/s1. The lowest BCUT2D eigenvalue weighted by Crippen LogP contribution is -2.74. The Hall–Kier alpha value is -0.970. The van der Waals surface area contributed by atoms with Crippen molar-refractivity contribution in [1.29, 1.82) is 5.41 Å². The minimum absolute atomic E-state index is 0.166. The fraction of sp³-hybridized carbons (Fsp3) is 0.692. The fourth-order valence-corrected chi connectivity index (χ4v) is 5.58. The predicted octanol–water partition coefficient (Wildman–Crippen LogP) is 2.31. The van der Waals surface area contributed by atoms with Crippen LogP contribution in [0.15, 0.2) is 11.3 Å². The third-order valence-electron chi connectivity index (χ3n) is 4.91. The van der Waals surface area contributed by atoms with E-state index in [1.807, 2.05) is 11.8 Å². The molecule has 0 radical (unpaired) electrons. The zero-order valence-electron chi connectivity index (χ0n) is 10.7. The van der Waals surface area contributed by atoms with Crippen molar-refractivity contribution in [1.82, 2.24) is 4.90 Å². The summed E-state index contributed by atoms with van der Waals surface area (Å²) >= 11 is 1.75. The van der Waals surface area contributed by atoms with Crippen molar-refractivity contribution in [3.05, 3.63) is 11.3 Å². The van der Waals surface area contributed by atoms with Crippen LogP contribution < -0.4 is 0 Å². The lowest BCUT2D eigenvalue weighted by Gasteiger charge is -2.65. The van der Waals surface area contributed by atoms with Gasteiger partial charge in [0.2, 0.25) is 0 Å². The number of fused-ring (bicyclic) bond motifs is 2. The maximum absolute atomic E-state index is 11.6. The number of nitrogens with one attached hydrogen (secondary N) is 1. The molecule has 2 heterocycles. The van der Waals surface area contributed by atoms with Crippen LogP contribution in [0, 0.1) is 10.8 Å². The van der Waals surface area contributed by atoms with Gasteiger partial charge in [0.15, 0.2) is 0 Å². The third-order valence-corrected chi connectivity index (χ3v) is 6.57. The molecule has 2 atom stereocenters. The molecular formula is C13H18N2O2S. The molecule has 4 nitrogen and oxygen atoms in total. The summed E-state index contributed by atoms with van der Waals surface area (Å²) in [7, 11) is 0. The van der Waals surface area contributed by atoms with E-state index in [2.05, 4.69) is 6.92 Å². The van der Waals surface area contributed by atoms with E-state index < -0.39 is 5.97 Å². The normalized spacial score (nSPS) is 36.1. The molecule has 2 N–H and O–H groups in total. The van der Waals surface area contributed by atoms with Crippen molar-refractivity contribution in [2.75, 3.05) is 5.75 Å². The summed E-state index contributed by atoms with van der Waals surface area (Å²) in [5.41, 5.74) is 1.64. The minimum Gasteiger partial charge on any atom is -0.477 e. The Bertz CT molecular complexity index is 470. The molecule has 1 aliphatic carbocycles. The monoisotopic (exact) mass is 266 g/mol. The van der Waals surface area contributed by atoms with Crippen LogP contribution in [-0.4, -0.2) is 38.9 Å². The van der Waals surface area contributed by atoms with Gasteiger partial charge in [0.05, 0.1) is 0 Å². The molecule has 0 bridgehead atoms. The smallest absolute Gasteiger partial charge is 0.352 e. The first-order valence-corrected chi connectivity index (χ1v) is 7.43. The molecule has 18 heavy (non-hydrogen) atoms. The Labute approximate surface area is 111 Å². The van der Waals surface area contributed by atoms with Gasteiger partial charge < -0.3 is 15.4 Å². The molecule has 1 spiro atoms. The van der Waals surface area contributed by atoms with Crippen molar-refractivity contribution in [2.24, 2.45) is 5.41 Å². The van der Waals surface area contributed by atoms with E-state index in [1.165, 1.54) is 6.21 Å². The van der Waals surface area contributed by atoms with Gasteiger partial charge in [-0.15, -0.1) is 11.8 Å². The number of carboxylic acid groups (broad SMARTS) is 1. The molecule has 0 aromatic rings. The highest BCUT2D eigenvalue weighted by Gasteiger charge is 2.76. The maximum atomic E-state index is 11.6. The van der Waals surface area contributed by atoms with Crippen molar-refractivity contribution in [3.8, 4) is 0 Å². The first kappa shape index (κ1) is 12.1. The van der Waals surface area contributed by atoms with Crippen LogP contribution in [-0.2, 0) is 4.79 Å². The SMILES string of the molecule is CCC1=C(C(=O)O)N2C(C)C3(CC3)[C@@]2(C=N)SC1. The third kappa shape index (κ3) is 1.09. The molecule has 0 aromatic carbocycles. The number of thioether (sulfide) groups is 1. The molecule has 1 saturated carbocycles. The van der Waals surface area contributed by atoms with E-state index in [-0.39, 0.29) is 16.3 Å². The van der Waals surface area contributed by atoms with E-state index in [4.69, 9.17) is 5.41 Å². The highest BCUT2D eigenvalue weighted by molar-refractivity contribution is 8.01. The molecule has 3 rings (SSSR count). The van der Waals surface area contributed by atoms with Crippen LogP contribution >= 0.6 is 11.8 Å². The molecule has 3 aliphatic rings. The second kappa shape index (κ2) is 3.53. The van der Waals surface area contributed by atoms with Gasteiger partial charge in [0.25, 0.3) is 0 Å². The van der Waals surface area contributed by atoms with Gasteiger partial charge >= 0.3 is 5.97 Å². The summed E-state index contributed by atoms with van der Waals surface area (Å²) in [5.74, 6) is -0.0842. The number of aliphatic carboxylic acids is 1. The van der Waals surface area contributed by atoms with Crippen LogP contribution in [0.1, 0.15) is 33.1 Å². The number of hydrogen-bond acceptors (Lipinski definition) is 4. The molecule has 0 amide bonds. The number of hydrogen-bond donors (Lipinski definition) is 2. The summed E-state index contributed by atoms with van der Waals surface area (Å²) in [4.78, 5) is 13.2. The molecule has 98 valence electrons. The highest BCUT2D eigenvalue weighted by atomic mass is 32.2. The molecule has 0 aromatic heterocycles. The molecule has 2 fully saturated rings. The van der Waals surface area contributed by atoms with E-state index in [1.54, 1.807) is 11.8 Å². The Morgan fingerprint density at radius 2 is 2.33 bits per heavy atom. The Morgan fingerprint density at radius 3 is 2.78 bits per heavy atom. The zero-order chi connectivity index (χ0) is 13.1. The Balaban J connectivity index is 2.09. The highest BCUT2D eigenvalue weighted by Crippen LogP contribution is 2.73. The van der Waals surface area contributed by atoms with E-state index in [0.717, 1.165) is 30.6 Å². The Kier molecular flexibility index (Phi) is 2.37. The topological polar surface area (TPSA) is 64.4 Å². The van der Waals surface area contributed by atoms with Gasteiger partial charge in [-0.25, -0.2) is 4.79 Å². The first-order chi connectivity index (χ1) is 8.54. The van der Waals surface area contributed by atoms with Gasteiger partial charge in [-0.2, -0.15) is 0 Å². The molecule has 1 saturated heterocycles. The average molecular weight is 266 g/mol. The van der Waals surface area contributed by atoms with Crippen molar-refractivity contribution < 1.29 is 9.90 Å². The van der Waals surface area contributed by atoms with E-state index in [0.29, 0.717) is 5.70 Å². The van der Waals surface area contributed by atoms with Crippen molar-refractivity contribution >= 4 is 23.9 Å². The van der Waals surface area contributed by atoms with Gasteiger partial charge in [-0.05, 0) is 31.8 Å². The molecule has 5 heteroatoms. The summed E-state index contributed by atoms with van der Waals surface area (Å²) < 4.78 is 0. The molecule has 1 unspecified atom stereocenters. The lowest BCUT2D eigenvalue weighted by atomic mass is 9.75. The predicted molar refractivity (Wildman–Crippen MR) is 71.9 cm³/mol. The van der Waals surface area contributed by atoms with Crippen LogP contribution in [0.5, 0.6) is 0 Å². The minimum atomic E-state index is -0.833. The fourth-order valence-electron chi connectivity index (χ4n) is 3.71. The lowest BCUT2D eigenvalue weighted by molar-refractivity contribution is -0.139. The van der Waals surface area contributed by atoms with Gasteiger partial charge in [0, 0.05) is 23.4 Å². The molecule has 2 aliphatic heterocycles. The maximum Gasteiger partial charge on any atom is 0.352 e. The van der Waals surface area contributed by atoms with Gasteiger partial charge in [-0.1, -0.05) is 6.92 Å². The number of rotatable bonds is 3. The van der Waals surface area contributed by atoms with Crippen LogP contribution in [0.4, 0.5) is 0 Å². The van der Waals surface area contributed by atoms with Gasteiger partial charge in [-0.3, -0.25) is 0 Å². The first-order valence-electron chi connectivity index (χ1n) is 6.44. The average Bonchev–Trinajstić information content (AvgIpc) is 3.18. The zero-order valence-corrected chi connectivity index (χ0v) is 11.5.